The first-order valence-electron chi connectivity index (χ1n) is 11.2. The molecule has 0 unspecified atom stereocenters. The average Bonchev–Trinajstić information content (AvgIpc) is 3.32. The molecule has 1 aliphatic carbocycles. The van der Waals surface area contributed by atoms with Gasteiger partial charge in [-0.1, -0.05) is 6.07 Å². The molecule has 1 saturated carbocycles. The summed E-state index contributed by atoms with van der Waals surface area (Å²) >= 11 is 0. The summed E-state index contributed by atoms with van der Waals surface area (Å²) in [4.78, 5) is 28.4. The van der Waals surface area contributed by atoms with Crippen molar-refractivity contribution >= 4 is 17.5 Å². The molecule has 34 heavy (non-hydrogen) atoms. The number of ether oxygens (including phenoxy) is 2. The molecular weight excluding hydrogens is 442 g/mol. The number of hydrogen-bond acceptors (Lipinski definition) is 5. The average molecular weight is 462 g/mol. The largest absolute Gasteiger partial charge is 0.489 e. The topological polar surface area (TPSA) is 77.5 Å². The minimum atomic E-state index is -0.948. The molecule has 0 spiro atoms. The lowest BCUT2D eigenvalue weighted by Gasteiger charge is -2.19. The number of hydrogen-bond donors (Lipinski definition) is 1. The molecule has 6 rings (SSSR count). The summed E-state index contributed by atoms with van der Waals surface area (Å²) in [5.41, 5.74) is 2.33. The number of rotatable bonds is 6. The quantitative estimate of drug-likeness (QED) is 0.574. The van der Waals surface area contributed by atoms with Gasteiger partial charge in [-0.2, -0.15) is 0 Å². The van der Waals surface area contributed by atoms with Gasteiger partial charge >= 0.3 is 0 Å². The highest BCUT2D eigenvalue weighted by Gasteiger charge is 2.59. The number of aromatic nitrogens is 1. The van der Waals surface area contributed by atoms with Crippen molar-refractivity contribution in [1.82, 2.24) is 4.98 Å². The van der Waals surface area contributed by atoms with E-state index in [0.717, 1.165) is 29.0 Å². The van der Waals surface area contributed by atoms with Crippen LogP contribution in [-0.4, -0.2) is 22.8 Å². The van der Waals surface area contributed by atoms with Crippen molar-refractivity contribution in [3.05, 3.63) is 77.0 Å². The van der Waals surface area contributed by atoms with Gasteiger partial charge in [-0.05, 0) is 48.4 Å². The van der Waals surface area contributed by atoms with E-state index in [1.165, 1.54) is 6.07 Å². The van der Waals surface area contributed by atoms with Gasteiger partial charge in [-0.15, -0.1) is 0 Å². The molecule has 0 bridgehead atoms. The number of halogens is 2. The van der Waals surface area contributed by atoms with Gasteiger partial charge in [0.2, 0.25) is 5.91 Å². The second-order valence-electron chi connectivity index (χ2n) is 8.93. The SMILES string of the molecule is O=C(Cc1ccc(F)c(F)c1)C[C@@H]1[C@H]2Oc3ccc(Oc4ccnc5c4CCC(=O)N5)cc3[C@@H]12. The lowest BCUT2D eigenvalue weighted by molar-refractivity contribution is -0.119. The van der Waals surface area contributed by atoms with Gasteiger partial charge in [0, 0.05) is 48.4 Å². The number of benzene rings is 2. The van der Waals surface area contributed by atoms with Gasteiger partial charge in [0.1, 0.15) is 35.0 Å². The second kappa shape index (κ2) is 7.90. The van der Waals surface area contributed by atoms with Crippen LogP contribution >= 0.6 is 0 Å². The fourth-order valence-corrected chi connectivity index (χ4v) is 4.95. The number of amides is 1. The molecule has 8 heteroatoms. The van der Waals surface area contributed by atoms with Gasteiger partial charge in [0.15, 0.2) is 11.6 Å². The first-order valence-corrected chi connectivity index (χ1v) is 11.2. The summed E-state index contributed by atoms with van der Waals surface area (Å²) in [5.74, 6) is 0.814. The van der Waals surface area contributed by atoms with Gasteiger partial charge in [0.25, 0.3) is 0 Å². The van der Waals surface area contributed by atoms with E-state index in [1.807, 2.05) is 18.2 Å². The van der Waals surface area contributed by atoms with Crippen molar-refractivity contribution in [2.24, 2.45) is 5.92 Å². The lowest BCUT2D eigenvalue weighted by Crippen LogP contribution is -2.20. The predicted molar refractivity (Wildman–Crippen MR) is 118 cm³/mol. The molecule has 3 heterocycles. The fourth-order valence-electron chi connectivity index (χ4n) is 4.95. The smallest absolute Gasteiger partial charge is 0.225 e. The van der Waals surface area contributed by atoms with Crippen LogP contribution < -0.4 is 14.8 Å². The van der Waals surface area contributed by atoms with Gasteiger partial charge < -0.3 is 14.8 Å². The monoisotopic (exact) mass is 462 g/mol. The van der Waals surface area contributed by atoms with Crippen LogP contribution in [0.25, 0.3) is 0 Å². The fraction of sp³-hybridized carbons (Fsp3) is 0.269. The molecule has 1 amide bonds. The van der Waals surface area contributed by atoms with E-state index in [4.69, 9.17) is 9.47 Å². The molecule has 0 radical (unpaired) electrons. The molecule has 3 aliphatic rings. The zero-order valence-electron chi connectivity index (χ0n) is 18.0. The van der Waals surface area contributed by atoms with E-state index in [1.54, 1.807) is 12.3 Å². The maximum absolute atomic E-state index is 13.4. The molecule has 2 aliphatic heterocycles. The number of carbonyl (C=O) groups is 2. The van der Waals surface area contributed by atoms with Gasteiger partial charge in [0.05, 0.1) is 0 Å². The minimum absolute atomic E-state index is 0.0339. The van der Waals surface area contributed by atoms with Crippen molar-refractivity contribution in [1.29, 1.82) is 0 Å². The number of ketones is 1. The van der Waals surface area contributed by atoms with Gasteiger partial charge in [-0.3, -0.25) is 9.59 Å². The zero-order chi connectivity index (χ0) is 23.4. The van der Waals surface area contributed by atoms with Crippen molar-refractivity contribution in [3.63, 3.8) is 0 Å². The van der Waals surface area contributed by atoms with Crippen molar-refractivity contribution in [2.45, 2.75) is 37.7 Å². The van der Waals surface area contributed by atoms with Crippen LogP contribution in [0.1, 0.15) is 35.4 Å². The van der Waals surface area contributed by atoms with Crippen molar-refractivity contribution in [2.75, 3.05) is 5.32 Å². The predicted octanol–water partition coefficient (Wildman–Crippen LogP) is 4.71. The maximum atomic E-state index is 13.4. The molecule has 2 aromatic carbocycles. The summed E-state index contributed by atoms with van der Waals surface area (Å²) < 4.78 is 38.7. The van der Waals surface area contributed by atoms with Crippen LogP contribution in [0.5, 0.6) is 17.2 Å². The Kier molecular flexibility index (Phi) is 4.83. The lowest BCUT2D eigenvalue weighted by atomic mass is 10.0. The van der Waals surface area contributed by atoms with E-state index in [9.17, 15) is 18.4 Å². The molecule has 1 fully saturated rings. The highest BCUT2D eigenvalue weighted by molar-refractivity contribution is 5.93. The zero-order valence-corrected chi connectivity index (χ0v) is 18.0. The number of nitrogens with one attached hydrogen (secondary N) is 1. The Hall–Kier alpha value is -3.81. The third-order valence-electron chi connectivity index (χ3n) is 6.65. The molecule has 1 aromatic heterocycles. The third-order valence-corrected chi connectivity index (χ3v) is 6.65. The highest BCUT2D eigenvalue weighted by Crippen LogP contribution is 2.60. The first kappa shape index (κ1) is 20.8. The summed E-state index contributed by atoms with van der Waals surface area (Å²) in [6.07, 6.45) is 2.87. The summed E-state index contributed by atoms with van der Waals surface area (Å²) in [6, 6.07) is 11.0. The normalized spacial score (nSPS) is 21.6. The minimum Gasteiger partial charge on any atom is -0.489 e. The number of carbonyl (C=O) groups excluding carboxylic acids is 2. The molecule has 3 aromatic rings. The molecular formula is C26H20F2N2O4. The van der Waals surface area contributed by atoms with Crippen molar-refractivity contribution in [3.8, 4) is 17.2 Å². The standard InChI is InChI=1S/C26H20F2N2O4/c27-19-4-1-13(10-20(19)28)9-14(31)11-18-24-17-12-15(2-5-21(17)34-25(18)24)33-22-7-8-29-26-16(22)3-6-23(32)30-26/h1-2,4-5,7-8,10,12,18,24-25H,3,6,9,11H2,(H,29,30,32)/t18-,24-,25+/m0/s1. The van der Waals surface area contributed by atoms with Crippen LogP contribution in [0.4, 0.5) is 14.6 Å². The Balaban J connectivity index is 1.14. The Bertz CT molecular complexity index is 1340. The molecule has 1 N–H and O–H groups in total. The van der Waals surface area contributed by atoms with E-state index in [2.05, 4.69) is 10.3 Å². The van der Waals surface area contributed by atoms with E-state index in [-0.39, 0.29) is 36.1 Å². The van der Waals surface area contributed by atoms with E-state index < -0.39 is 11.6 Å². The molecule has 6 nitrogen and oxygen atoms in total. The van der Waals surface area contributed by atoms with Crippen LogP contribution in [0, 0.1) is 17.6 Å². The van der Waals surface area contributed by atoms with Crippen LogP contribution in [-0.2, 0) is 22.4 Å². The Morgan fingerprint density at radius 1 is 1.12 bits per heavy atom. The third kappa shape index (κ3) is 3.69. The number of anilines is 1. The van der Waals surface area contributed by atoms with Crippen LogP contribution in [0.15, 0.2) is 48.7 Å². The molecule has 3 atom stereocenters. The second-order valence-corrected chi connectivity index (χ2v) is 8.93. The maximum Gasteiger partial charge on any atom is 0.225 e. The summed E-state index contributed by atoms with van der Waals surface area (Å²) in [5, 5.41) is 2.77. The number of pyridine rings is 1. The van der Waals surface area contributed by atoms with Gasteiger partial charge in [-0.25, -0.2) is 13.8 Å². The Morgan fingerprint density at radius 2 is 2.00 bits per heavy atom. The van der Waals surface area contributed by atoms with E-state index in [0.29, 0.717) is 42.1 Å². The highest BCUT2D eigenvalue weighted by atomic mass is 19.2. The number of nitrogens with zero attached hydrogens (tertiary/aromatic N) is 1. The molecule has 172 valence electrons. The summed E-state index contributed by atoms with van der Waals surface area (Å²) in [7, 11) is 0. The summed E-state index contributed by atoms with van der Waals surface area (Å²) in [6.45, 7) is 0. The van der Waals surface area contributed by atoms with Crippen molar-refractivity contribution < 1.29 is 27.8 Å². The Labute approximate surface area is 193 Å². The molecule has 0 saturated heterocycles. The van der Waals surface area contributed by atoms with E-state index >= 15 is 0 Å². The van der Waals surface area contributed by atoms with Crippen LogP contribution in [0.3, 0.4) is 0 Å². The Morgan fingerprint density at radius 3 is 2.85 bits per heavy atom. The first-order chi connectivity index (χ1) is 16.5. The number of fused-ring (bicyclic) bond motifs is 4. The number of Topliss-reactive ketones (excluding diaryl/α,β-unsaturated/α-hetero) is 1. The van der Waals surface area contributed by atoms with Crippen LogP contribution in [0.2, 0.25) is 0 Å².